The number of nitrogens with two attached hydrogens (primary N) is 1. The Labute approximate surface area is 343 Å². The molecule has 0 aliphatic carbocycles. The van der Waals surface area contributed by atoms with Gasteiger partial charge in [0.2, 0.25) is 0 Å². The van der Waals surface area contributed by atoms with E-state index in [1.807, 2.05) is 12.2 Å². The smallest absolute Gasteiger partial charge is 0.472 e. The van der Waals surface area contributed by atoms with E-state index in [-0.39, 0.29) is 12.8 Å². The average molecular weight is 824 g/mol. The van der Waals surface area contributed by atoms with Gasteiger partial charge in [0, 0.05) is 12.8 Å². The second-order valence-electron chi connectivity index (χ2n) is 13.9. The Morgan fingerprint density at radius 3 is 1.81 bits per heavy atom. The summed E-state index contributed by atoms with van der Waals surface area (Å²) in [7, 11) is -4.76. The monoisotopic (exact) mass is 823 g/mol. The number of aliphatic hydroxyl groups is 1. The molecule has 5 N–H and O–H groups in total. The van der Waals surface area contributed by atoms with Gasteiger partial charge in [0.15, 0.2) is 6.10 Å². The number of carboxylic acid groups (broad SMARTS) is 1. The molecule has 0 fully saturated rings. The quantitative estimate of drug-likeness (QED) is 0.0152. The molecule has 4 atom stereocenters. The molecular weight excluding hydrogens is 749 g/mol. The number of phosphoric acid groups is 1. The fraction of sp³-hybridized carbons (Fsp3) is 0.659. The number of hydrogen-bond donors (Lipinski definition) is 4. The van der Waals surface area contributed by atoms with E-state index >= 15 is 0 Å². The summed E-state index contributed by atoms with van der Waals surface area (Å²) in [6, 6.07) is -1.55. The van der Waals surface area contributed by atoms with Crippen molar-refractivity contribution in [3.8, 4) is 0 Å². The zero-order valence-electron chi connectivity index (χ0n) is 34.8. The zero-order chi connectivity index (χ0) is 42.2. The zero-order valence-corrected chi connectivity index (χ0v) is 35.7. The molecular formula is C44H74NO11P. The van der Waals surface area contributed by atoms with E-state index in [0.717, 1.165) is 57.8 Å². The number of aliphatic carboxylic acids is 1. The highest BCUT2D eigenvalue weighted by Crippen LogP contribution is 2.43. The lowest BCUT2D eigenvalue weighted by molar-refractivity contribution is -0.161. The van der Waals surface area contributed by atoms with Crippen LogP contribution in [0.2, 0.25) is 0 Å². The Morgan fingerprint density at radius 2 is 1.19 bits per heavy atom. The van der Waals surface area contributed by atoms with Crippen LogP contribution < -0.4 is 5.73 Å². The molecule has 0 bridgehead atoms. The summed E-state index contributed by atoms with van der Waals surface area (Å²) in [6.07, 6.45) is 41.4. The summed E-state index contributed by atoms with van der Waals surface area (Å²) in [5.74, 6) is -2.62. The maximum absolute atomic E-state index is 12.6. The highest BCUT2D eigenvalue weighted by molar-refractivity contribution is 7.47. The van der Waals surface area contributed by atoms with E-state index in [2.05, 4.69) is 67.0 Å². The van der Waals surface area contributed by atoms with Crippen LogP contribution in [-0.4, -0.2) is 71.1 Å². The molecule has 0 saturated carbocycles. The van der Waals surface area contributed by atoms with Gasteiger partial charge >= 0.3 is 25.7 Å². The minimum atomic E-state index is -4.76. The number of ether oxygens (including phenoxy) is 2. The molecule has 0 rings (SSSR count). The van der Waals surface area contributed by atoms with E-state index in [9.17, 15) is 28.9 Å². The van der Waals surface area contributed by atoms with Crippen molar-refractivity contribution in [3.05, 3.63) is 72.9 Å². The molecule has 326 valence electrons. The first-order valence-electron chi connectivity index (χ1n) is 21.1. The maximum atomic E-state index is 12.6. The van der Waals surface area contributed by atoms with Gasteiger partial charge in [-0.15, -0.1) is 0 Å². The molecule has 0 aromatic carbocycles. The molecule has 12 nitrogen and oxygen atoms in total. The van der Waals surface area contributed by atoms with Gasteiger partial charge in [-0.1, -0.05) is 138 Å². The Bertz CT molecular complexity index is 1260. The summed E-state index contributed by atoms with van der Waals surface area (Å²) >= 11 is 0. The lowest BCUT2D eigenvalue weighted by Crippen LogP contribution is -2.34. The molecule has 0 aromatic heterocycles. The number of esters is 2. The normalized spacial score (nSPS) is 15.0. The number of hydrogen-bond acceptors (Lipinski definition) is 10. The highest BCUT2D eigenvalue weighted by atomic mass is 31.2. The van der Waals surface area contributed by atoms with Crippen molar-refractivity contribution in [2.45, 2.75) is 167 Å². The molecule has 0 aliphatic rings. The summed E-state index contributed by atoms with van der Waals surface area (Å²) in [6.45, 7) is 2.45. The van der Waals surface area contributed by atoms with Gasteiger partial charge in [0.1, 0.15) is 12.6 Å². The van der Waals surface area contributed by atoms with Gasteiger partial charge in [-0.05, 0) is 70.6 Å². The molecule has 0 aromatic rings. The van der Waals surface area contributed by atoms with Gasteiger partial charge in [-0.2, -0.15) is 0 Å². The van der Waals surface area contributed by atoms with Crippen LogP contribution in [0.5, 0.6) is 0 Å². The second-order valence-corrected chi connectivity index (χ2v) is 15.4. The third-order valence-corrected chi connectivity index (χ3v) is 9.49. The van der Waals surface area contributed by atoms with Gasteiger partial charge in [0.25, 0.3) is 0 Å². The standard InChI is InChI=1S/C44H74NO11P/c1-3-5-7-9-11-13-15-17-18-20-22-24-26-28-30-34-43(48)56-40(37-54-57(51,52)55-38-41(45)44(49)50)36-53-42(47)35-31-33-39(46)32-29-27-25-23-21-19-16-14-12-10-8-6-4-2/h6,8,12-15,19,21,25,27,29,32,39-41,46H,3-5,7,9-11,16-18,20,22-24,26,28,30-31,33-38,45H2,1-2H3,(H,49,50)(H,51,52)/b8-6-,14-12-,15-13-,21-19-,27-25-,32-29+/t39?,40-,41+/m1/s1. The van der Waals surface area contributed by atoms with E-state index in [4.69, 9.17) is 24.8 Å². The first-order valence-corrected chi connectivity index (χ1v) is 22.6. The number of aliphatic hydroxyl groups excluding tert-OH is 1. The van der Waals surface area contributed by atoms with Crippen LogP contribution in [0.15, 0.2) is 72.9 Å². The number of carbonyl (C=O) groups excluding carboxylic acids is 2. The predicted octanol–water partition coefficient (Wildman–Crippen LogP) is 9.92. The number of rotatable bonds is 38. The Morgan fingerprint density at radius 1 is 0.649 bits per heavy atom. The van der Waals surface area contributed by atoms with Crippen LogP contribution in [0.4, 0.5) is 0 Å². The number of unbranched alkanes of at least 4 members (excludes halogenated alkanes) is 11. The van der Waals surface area contributed by atoms with Crippen molar-refractivity contribution < 1.29 is 52.6 Å². The fourth-order valence-corrected chi connectivity index (χ4v) is 5.98. The van der Waals surface area contributed by atoms with Crippen LogP contribution in [0.1, 0.15) is 149 Å². The van der Waals surface area contributed by atoms with Crippen molar-refractivity contribution in [2.24, 2.45) is 5.73 Å². The maximum Gasteiger partial charge on any atom is 0.472 e. The van der Waals surface area contributed by atoms with Crippen molar-refractivity contribution in [3.63, 3.8) is 0 Å². The Hall–Kier alpha value is -3.12. The van der Waals surface area contributed by atoms with Crippen molar-refractivity contribution in [1.82, 2.24) is 0 Å². The minimum absolute atomic E-state index is 0.0130. The summed E-state index contributed by atoms with van der Waals surface area (Å²) < 4.78 is 32.5. The predicted molar refractivity (Wildman–Crippen MR) is 227 cm³/mol. The molecule has 0 spiro atoms. The number of carbonyl (C=O) groups is 3. The summed E-state index contributed by atoms with van der Waals surface area (Å²) in [4.78, 5) is 45.9. The minimum Gasteiger partial charge on any atom is -0.480 e. The van der Waals surface area contributed by atoms with Crippen molar-refractivity contribution in [2.75, 3.05) is 19.8 Å². The fourth-order valence-electron chi connectivity index (χ4n) is 5.20. The van der Waals surface area contributed by atoms with Gasteiger partial charge in [-0.25, -0.2) is 4.57 Å². The third-order valence-electron chi connectivity index (χ3n) is 8.54. The first kappa shape index (κ1) is 53.9. The average Bonchev–Trinajstić information content (AvgIpc) is 3.18. The molecule has 0 heterocycles. The van der Waals surface area contributed by atoms with Gasteiger partial charge < -0.3 is 30.3 Å². The van der Waals surface area contributed by atoms with E-state index < -0.39 is 63.8 Å². The molecule has 0 amide bonds. The van der Waals surface area contributed by atoms with Crippen LogP contribution in [0.25, 0.3) is 0 Å². The number of phosphoric ester groups is 1. The van der Waals surface area contributed by atoms with Crippen LogP contribution in [-0.2, 0) is 37.5 Å². The number of carboxylic acids is 1. The van der Waals surface area contributed by atoms with Crippen molar-refractivity contribution >= 4 is 25.7 Å². The molecule has 0 radical (unpaired) electrons. The molecule has 57 heavy (non-hydrogen) atoms. The third kappa shape index (κ3) is 38.2. The molecule has 2 unspecified atom stereocenters. The molecule has 0 aliphatic heterocycles. The van der Waals surface area contributed by atoms with E-state index in [1.54, 1.807) is 12.2 Å². The van der Waals surface area contributed by atoms with Crippen LogP contribution >= 0.6 is 7.82 Å². The van der Waals surface area contributed by atoms with Gasteiger partial charge in [-0.3, -0.25) is 23.4 Å². The lowest BCUT2D eigenvalue weighted by atomic mass is 10.1. The molecule has 13 heteroatoms. The van der Waals surface area contributed by atoms with Gasteiger partial charge in [0.05, 0.1) is 19.3 Å². The van der Waals surface area contributed by atoms with E-state index in [0.29, 0.717) is 19.3 Å². The highest BCUT2D eigenvalue weighted by Gasteiger charge is 2.28. The SMILES string of the molecule is CC/C=C\C/C=C\C/C=C\C/C=C\C=C\C(O)CCCC(=O)OC[C@H](COP(=O)(O)OC[C@H](N)C(=O)O)OC(=O)CCCCCCCCC/C=C\CCCCCC. The second kappa shape index (κ2) is 38.4. The summed E-state index contributed by atoms with van der Waals surface area (Å²) in [5.41, 5.74) is 5.32. The topological polar surface area (TPSA) is 192 Å². The Balaban J connectivity index is 4.60. The first-order chi connectivity index (χ1) is 27.5. The largest absolute Gasteiger partial charge is 0.480 e. The Kier molecular flexibility index (Phi) is 36.3. The molecule has 0 saturated heterocycles. The van der Waals surface area contributed by atoms with Crippen LogP contribution in [0, 0.1) is 0 Å². The summed E-state index contributed by atoms with van der Waals surface area (Å²) in [5, 5.41) is 19.1. The van der Waals surface area contributed by atoms with Crippen LogP contribution in [0.3, 0.4) is 0 Å². The lowest BCUT2D eigenvalue weighted by Gasteiger charge is -2.20. The van der Waals surface area contributed by atoms with E-state index in [1.165, 1.54) is 44.9 Å². The van der Waals surface area contributed by atoms with Crippen molar-refractivity contribution in [1.29, 1.82) is 0 Å². The number of allylic oxidation sites excluding steroid dienone is 11.